The molecule has 0 atom stereocenters. The first-order valence-corrected chi connectivity index (χ1v) is 8.25. The molecule has 0 nitrogen and oxygen atoms in total. The van der Waals surface area contributed by atoms with Crippen molar-refractivity contribution in [3.8, 4) is 0 Å². The lowest BCUT2D eigenvalue weighted by molar-refractivity contribution is 0.258. The smallest absolute Gasteiger partial charge is 0.00472 e. The second-order valence-electron chi connectivity index (χ2n) is 5.44. The standard InChI is InChI=1S/C13H24S2/c14-10-13(8-4-1-5-9-13)11-15-12-6-2-3-7-12/h12,14H,1-11H2. The van der Waals surface area contributed by atoms with E-state index in [0.29, 0.717) is 5.41 Å². The highest BCUT2D eigenvalue weighted by atomic mass is 32.2. The monoisotopic (exact) mass is 244 g/mol. The zero-order valence-electron chi connectivity index (χ0n) is 9.71. The Labute approximate surface area is 104 Å². The Morgan fingerprint density at radius 2 is 1.67 bits per heavy atom. The molecule has 0 N–H and O–H groups in total. The van der Waals surface area contributed by atoms with Gasteiger partial charge in [0.1, 0.15) is 0 Å². The van der Waals surface area contributed by atoms with E-state index >= 15 is 0 Å². The zero-order chi connectivity index (χ0) is 10.6. The van der Waals surface area contributed by atoms with Crippen LogP contribution in [-0.2, 0) is 0 Å². The molecule has 2 aliphatic rings. The normalized spacial score (nSPS) is 27.0. The minimum absolute atomic E-state index is 0.606. The van der Waals surface area contributed by atoms with E-state index in [2.05, 4.69) is 24.4 Å². The SMILES string of the molecule is SCC1(CSC2CCCC2)CCCCC1. The summed E-state index contributed by atoms with van der Waals surface area (Å²) in [7, 11) is 0. The lowest BCUT2D eigenvalue weighted by Crippen LogP contribution is -2.29. The van der Waals surface area contributed by atoms with Crippen LogP contribution in [0.4, 0.5) is 0 Å². The van der Waals surface area contributed by atoms with E-state index < -0.39 is 0 Å². The lowest BCUT2D eigenvalue weighted by Gasteiger charge is -2.36. The van der Waals surface area contributed by atoms with Crippen LogP contribution in [0.15, 0.2) is 0 Å². The number of thioether (sulfide) groups is 1. The molecule has 0 aliphatic heterocycles. The Bertz CT molecular complexity index is 179. The molecular formula is C13H24S2. The summed E-state index contributed by atoms with van der Waals surface area (Å²) in [6, 6.07) is 0. The molecule has 2 aliphatic carbocycles. The molecule has 0 aromatic rings. The summed E-state index contributed by atoms with van der Waals surface area (Å²) >= 11 is 6.88. The summed E-state index contributed by atoms with van der Waals surface area (Å²) in [5.74, 6) is 2.51. The van der Waals surface area contributed by atoms with Crippen LogP contribution in [0.3, 0.4) is 0 Å². The molecule has 2 fully saturated rings. The van der Waals surface area contributed by atoms with Gasteiger partial charge in [-0.25, -0.2) is 0 Å². The molecule has 2 saturated carbocycles. The van der Waals surface area contributed by atoms with Crippen molar-refractivity contribution in [1.82, 2.24) is 0 Å². The van der Waals surface area contributed by atoms with Crippen molar-refractivity contribution in [3.63, 3.8) is 0 Å². The van der Waals surface area contributed by atoms with Gasteiger partial charge in [-0.3, -0.25) is 0 Å². The topological polar surface area (TPSA) is 0 Å². The van der Waals surface area contributed by atoms with Crippen LogP contribution in [0, 0.1) is 5.41 Å². The molecular weight excluding hydrogens is 220 g/mol. The number of rotatable bonds is 4. The van der Waals surface area contributed by atoms with E-state index in [0.717, 1.165) is 11.0 Å². The molecule has 0 radical (unpaired) electrons. The summed E-state index contributed by atoms with van der Waals surface area (Å²) < 4.78 is 0. The maximum absolute atomic E-state index is 4.61. The van der Waals surface area contributed by atoms with E-state index in [4.69, 9.17) is 0 Å². The number of thiol groups is 1. The highest BCUT2D eigenvalue weighted by Gasteiger charge is 2.31. The van der Waals surface area contributed by atoms with Crippen LogP contribution < -0.4 is 0 Å². The first kappa shape index (κ1) is 12.2. The van der Waals surface area contributed by atoms with Crippen molar-refractivity contribution in [2.24, 2.45) is 5.41 Å². The molecule has 0 aromatic heterocycles. The number of hydrogen-bond donors (Lipinski definition) is 1. The Balaban J connectivity index is 1.78. The van der Waals surface area contributed by atoms with E-state index in [-0.39, 0.29) is 0 Å². The van der Waals surface area contributed by atoms with Crippen molar-refractivity contribution in [3.05, 3.63) is 0 Å². The Morgan fingerprint density at radius 1 is 1.00 bits per heavy atom. The van der Waals surface area contributed by atoms with Gasteiger partial charge in [0.15, 0.2) is 0 Å². The minimum atomic E-state index is 0.606. The summed E-state index contributed by atoms with van der Waals surface area (Å²) in [4.78, 5) is 0. The van der Waals surface area contributed by atoms with Gasteiger partial charge in [0.05, 0.1) is 0 Å². The van der Waals surface area contributed by atoms with Gasteiger partial charge in [0.25, 0.3) is 0 Å². The minimum Gasteiger partial charge on any atom is -0.179 e. The maximum atomic E-state index is 4.61. The molecule has 0 saturated heterocycles. The van der Waals surface area contributed by atoms with E-state index in [1.807, 2.05) is 0 Å². The second kappa shape index (κ2) is 5.86. The third-order valence-corrected chi connectivity index (χ3v) is 6.57. The molecule has 15 heavy (non-hydrogen) atoms. The van der Waals surface area contributed by atoms with Gasteiger partial charge in [-0.05, 0) is 42.6 Å². The van der Waals surface area contributed by atoms with Gasteiger partial charge >= 0.3 is 0 Å². The van der Waals surface area contributed by atoms with Gasteiger partial charge < -0.3 is 0 Å². The van der Waals surface area contributed by atoms with E-state index in [9.17, 15) is 0 Å². The molecule has 0 amide bonds. The van der Waals surface area contributed by atoms with Crippen LogP contribution in [0.2, 0.25) is 0 Å². The fourth-order valence-corrected chi connectivity index (χ4v) is 5.23. The molecule has 0 aromatic carbocycles. The Kier molecular flexibility index (Phi) is 4.75. The van der Waals surface area contributed by atoms with Gasteiger partial charge in [0, 0.05) is 5.25 Å². The van der Waals surface area contributed by atoms with Crippen LogP contribution in [-0.4, -0.2) is 16.8 Å². The Hall–Kier alpha value is 0.700. The fourth-order valence-electron chi connectivity index (χ4n) is 3.00. The van der Waals surface area contributed by atoms with Crippen molar-refractivity contribution in [2.45, 2.75) is 63.0 Å². The van der Waals surface area contributed by atoms with Gasteiger partial charge in [-0.15, -0.1) is 0 Å². The van der Waals surface area contributed by atoms with Crippen LogP contribution in [0.5, 0.6) is 0 Å². The van der Waals surface area contributed by atoms with E-state index in [1.54, 1.807) is 0 Å². The highest BCUT2D eigenvalue weighted by Crippen LogP contribution is 2.42. The van der Waals surface area contributed by atoms with Crippen molar-refractivity contribution in [2.75, 3.05) is 11.5 Å². The summed E-state index contributed by atoms with van der Waals surface area (Å²) in [6.07, 6.45) is 13.2. The molecule has 2 heteroatoms. The summed E-state index contributed by atoms with van der Waals surface area (Å²) in [5.41, 5.74) is 0.606. The first-order valence-electron chi connectivity index (χ1n) is 6.57. The quantitative estimate of drug-likeness (QED) is 0.708. The molecule has 2 rings (SSSR count). The maximum Gasteiger partial charge on any atom is 0.00472 e. The molecule has 0 unspecified atom stereocenters. The van der Waals surface area contributed by atoms with Crippen molar-refractivity contribution >= 4 is 24.4 Å². The predicted octanol–water partition coefficient (Wildman–Crippen LogP) is 4.54. The number of hydrogen-bond acceptors (Lipinski definition) is 2. The average molecular weight is 244 g/mol. The highest BCUT2D eigenvalue weighted by molar-refractivity contribution is 8.00. The molecule has 0 heterocycles. The third-order valence-electron chi connectivity index (χ3n) is 4.18. The summed E-state index contributed by atoms with van der Waals surface area (Å²) in [6.45, 7) is 0. The third kappa shape index (κ3) is 3.33. The first-order chi connectivity index (χ1) is 7.35. The van der Waals surface area contributed by atoms with E-state index in [1.165, 1.54) is 63.5 Å². The van der Waals surface area contributed by atoms with Crippen LogP contribution in [0.1, 0.15) is 57.8 Å². The molecule has 0 spiro atoms. The van der Waals surface area contributed by atoms with Crippen molar-refractivity contribution < 1.29 is 0 Å². The predicted molar refractivity (Wildman–Crippen MR) is 74.1 cm³/mol. The Morgan fingerprint density at radius 3 is 2.27 bits per heavy atom. The van der Waals surface area contributed by atoms with Crippen LogP contribution >= 0.6 is 24.4 Å². The molecule has 0 bridgehead atoms. The second-order valence-corrected chi connectivity index (χ2v) is 7.04. The van der Waals surface area contributed by atoms with Crippen molar-refractivity contribution in [1.29, 1.82) is 0 Å². The molecule has 88 valence electrons. The van der Waals surface area contributed by atoms with Gasteiger partial charge in [-0.2, -0.15) is 24.4 Å². The average Bonchev–Trinajstić information content (AvgIpc) is 2.81. The summed E-state index contributed by atoms with van der Waals surface area (Å²) in [5, 5.41) is 0.990. The lowest BCUT2D eigenvalue weighted by atomic mass is 9.77. The van der Waals surface area contributed by atoms with Gasteiger partial charge in [0.2, 0.25) is 0 Å². The fraction of sp³-hybridized carbons (Fsp3) is 1.00. The zero-order valence-corrected chi connectivity index (χ0v) is 11.4. The largest absolute Gasteiger partial charge is 0.179 e. The van der Waals surface area contributed by atoms with Gasteiger partial charge in [-0.1, -0.05) is 32.1 Å². The van der Waals surface area contributed by atoms with Crippen LogP contribution in [0.25, 0.3) is 0 Å².